The average Bonchev–Trinajstić information content (AvgIpc) is 2.59. The largest absolute Gasteiger partial charge is 0.507 e. The quantitative estimate of drug-likeness (QED) is 0.654. The van der Waals surface area contributed by atoms with Crippen molar-refractivity contribution in [3.05, 3.63) is 53.6 Å². The molecule has 0 saturated carbocycles. The summed E-state index contributed by atoms with van der Waals surface area (Å²) in [5, 5.41) is 9.81. The van der Waals surface area contributed by atoms with Crippen molar-refractivity contribution in [2.75, 3.05) is 21.3 Å². The number of aromatic hydroxyl groups is 1. The zero-order valence-corrected chi connectivity index (χ0v) is 13.2. The summed E-state index contributed by atoms with van der Waals surface area (Å²) in [6, 6.07) is 9.80. The van der Waals surface area contributed by atoms with Crippen LogP contribution in [-0.4, -0.2) is 32.2 Å². The Bertz CT molecular complexity index is 712. The number of benzene rings is 2. The Kier molecular flexibility index (Phi) is 5.25. The van der Waals surface area contributed by atoms with Crippen LogP contribution in [0.4, 0.5) is 0 Å². The molecule has 0 radical (unpaired) electrons. The van der Waals surface area contributed by atoms with Crippen LogP contribution in [0.5, 0.6) is 23.0 Å². The second kappa shape index (κ2) is 7.35. The van der Waals surface area contributed by atoms with Gasteiger partial charge in [0, 0.05) is 6.07 Å². The summed E-state index contributed by atoms with van der Waals surface area (Å²) < 4.78 is 15.4. The first kappa shape index (κ1) is 16.4. The van der Waals surface area contributed by atoms with Crippen molar-refractivity contribution in [2.45, 2.75) is 0 Å². The standard InChI is InChI=1S/C18H18O5/c1-21-13-5-7-18(20)16(11-13)17(19)6-4-12-8-14(22-2)10-15(9-12)23-3/h4-11,20H,1-3H3. The van der Waals surface area contributed by atoms with Crippen molar-refractivity contribution in [2.24, 2.45) is 0 Å². The predicted octanol–water partition coefficient (Wildman–Crippen LogP) is 3.31. The second-order valence-corrected chi connectivity index (χ2v) is 4.73. The molecule has 0 bridgehead atoms. The minimum absolute atomic E-state index is 0.0938. The fraction of sp³-hybridized carbons (Fsp3) is 0.167. The summed E-state index contributed by atoms with van der Waals surface area (Å²) in [5.74, 6) is 1.33. The van der Waals surface area contributed by atoms with Crippen LogP contribution in [0.25, 0.3) is 6.08 Å². The van der Waals surface area contributed by atoms with Crippen molar-refractivity contribution >= 4 is 11.9 Å². The lowest BCUT2D eigenvalue weighted by Gasteiger charge is -2.06. The Labute approximate surface area is 134 Å². The van der Waals surface area contributed by atoms with Gasteiger partial charge in [0.15, 0.2) is 5.78 Å². The number of allylic oxidation sites excluding steroid dienone is 1. The van der Waals surface area contributed by atoms with Gasteiger partial charge in [-0.2, -0.15) is 0 Å². The molecule has 0 fully saturated rings. The molecule has 0 aliphatic rings. The second-order valence-electron chi connectivity index (χ2n) is 4.73. The Morgan fingerprint density at radius 2 is 1.52 bits per heavy atom. The SMILES string of the molecule is COc1cc(C=CC(=O)c2cc(OC)ccc2O)cc(OC)c1. The highest BCUT2D eigenvalue weighted by Gasteiger charge is 2.10. The minimum Gasteiger partial charge on any atom is -0.507 e. The molecule has 0 amide bonds. The number of phenols is 1. The van der Waals surface area contributed by atoms with Gasteiger partial charge in [0.1, 0.15) is 23.0 Å². The Morgan fingerprint density at radius 3 is 2.09 bits per heavy atom. The van der Waals surface area contributed by atoms with E-state index in [2.05, 4.69) is 0 Å². The number of ether oxygens (including phenoxy) is 3. The lowest BCUT2D eigenvalue weighted by molar-refractivity contribution is 0.104. The molecule has 0 aliphatic carbocycles. The van der Waals surface area contributed by atoms with E-state index in [-0.39, 0.29) is 17.1 Å². The number of methoxy groups -OCH3 is 3. The normalized spacial score (nSPS) is 10.6. The van der Waals surface area contributed by atoms with Gasteiger partial charge < -0.3 is 19.3 Å². The number of carbonyl (C=O) groups excluding carboxylic acids is 1. The zero-order valence-electron chi connectivity index (χ0n) is 13.2. The van der Waals surface area contributed by atoms with Gasteiger partial charge in [0.25, 0.3) is 0 Å². The van der Waals surface area contributed by atoms with Crippen molar-refractivity contribution < 1.29 is 24.1 Å². The first-order chi connectivity index (χ1) is 11.1. The molecule has 2 aromatic rings. The molecular formula is C18H18O5. The third kappa shape index (κ3) is 4.03. The third-order valence-electron chi connectivity index (χ3n) is 3.27. The minimum atomic E-state index is -0.330. The smallest absolute Gasteiger partial charge is 0.189 e. The number of hydrogen-bond acceptors (Lipinski definition) is 5. The molecule has 1 N–H and O–H groups in total. The van der Waals surface area contributed by atoms with Gasteiger partial charge in [-0.15, -0.1) is 0 Å². The van der Waals surface area contributed by atoms with Gasteiger partial charge in [0.2, 0.25) is 0 Å². The van der Waals surface area contributed by atoms with Gasteiger partial charge in [-0.3, -0.25) is 4.79 Å². The van der Waals surface area contributed by atoms with Gasteiger partial charge in [0.05, 0.1) is 26.9 Å². The summed E-state index contributed by atoms with van der Waals surface area (Å²) in [6.45, 7) is 0. The molecule has 0 spiro atoms. The van der Waals surface area contributed by atoms with Crippen LogP contribution in [0.3, 0.4) is 0 Å². The highest BCUT2D eigenvalue weighted by molar-refractivity contribution is 6.08. The van der Waals surface area contributed by atoms with Crippen LogP contribution in [0.2, 0.25) is 0 Å². The van der Waals surface area contributed by atoms with Crippen LogP contribution >= 0.6 is 0 Å². The number of hydrogen-bond donors (Lipinski definition) is 1. The highest BCUT2D eigenvalue weighted by Crippen LogP contribution is 2.25. The molecule has 23 heavy (non-hydrogen) atoms. The first-order valence-electron chi connectivity index (χ1n) is 6.90. The maximum absolute atomic E-state index is 12.3. The molecule has 0 saturated heterocycles. The highest BCUT2D eigenvalue weighted by atomic mass is 16.5. The average molecular weight is 314 g/mol. The maximum atomic E-state index is 12.3. The monoisotopic (exact) mass is 314 g/mol. The van der Waals surface area contributed by atoms with E-state index in [9.17, 15) is 9.90 Å². The summed E-state index contributed by atoms with van der Waals surface area (Å²) in [4.78, 5) is 12.3. The molecule has 2 aromatic carbocycles. The van der Waals surface area contributed by atoms with Gasteiger partial charge in [-0.25, -0.2) is 0 Å². The molecule has 0 atom stereocenters. The molecular weight excluding hydrogens is 296 g/mol. The first-order valence-corrected chi connectivity index (χ1v) is 6.90. The topological polar surface area (TPSA) is 65.0 Å². The van der Waals surface area contributed by atoms with Crippen LogP contribution in [-0.2, 0) is 0 Å². The van der Waals surface area contributed by atoms with Crippen LogP contribution in [0, 0.1) is 0 Å². The lowest BCUT2D eigenvalue weighted by Crippen LogP contribution is -1.96. The number of ketones is 1. The van der Waals surface area contributed by atoms with Crippen LogP contribution < -0.4 is 14.2 Å². The van der Waals surface area contributed by atoms with E-state index >= 15 is 0 Å². The third-order valence-corrected chi connectivity index (χ3v) is 3.27. The lowest BCUT2D eigenvalue weighted by atomic mass is 10.1. The summed E-state index contributed by atoms with van der Waals surface area (Å²) in [5.41, 5.74) is 0.924. The molecule has 0 unspecified atom stereocenters. The summed E-state index contributed by atoms with van der Waals surface area (Å²) >= 11 is 0. The van der Waals surface area contributed by atoms with Crippen molar-refractivity contribution in [1.29, 1.82) is 0 Å². The fourth-order valence-electron chi connectivity index (χ4n) is 2.03. The molecule has 0 aliphatic heterocycles. The molecule has 2 rings (SSSR count). The number of phenolic OH excluding ortho intramolecular Hbond substituents is 1. The Morgan fingerprint density at radius 1 is 0.913 bits per heavy atom. The van der Waals surface area contributed by atoms with E-state index in [0.29, 0.717) is 17.2 Å². The predicted molar refractivity (Wildman–Crippen MR) is 87.6 cm³/mol. The fourth-order valence-corrected chi connectivity index (χ4v) is 2.03. The summed E-state index contributed by atoms with van der Waals surface area (Å²) in [7, 11) is 4.61. The molecule has 120 valence electrons. The maximum Gasteiger partial charge on any atom is 0.189 e. The van der Waals surface area contributed by atoms with E-state index in [4.69, 9.17) is 14.2 Å². The van der Waals surface area contributed by atoms with Crippen molar-refractivity contribution in [3.8, 4) is 23.0 Å². The molecule has 0 aromatic heterocycles. The summed E-state index contributed by atoms with van der Waals surface area (Å²) in [6.07, 6.45) is 3.01. The molecule has 0 heterocycles. The van der Waals surface area contributed by atoms with Crippen molar-refractivity contribution in [1.82, 2.24) is 0 Å². The van der Waals surface area contributed by atoms with Gasteiger partial charge >= 0.3 is 0 Å². The van der Waals surface area contributed by atoms with E-state index in [1.54, 1.807) is 44.6 Å². The number of carbonyl (C=O) groups is 1. The Hall–Kier alpha value is -2.95. The van der Waals surface area contributed by atoms with E-state index in [1.807, 2.05) is 0 Å². The van der Waals surface area contributed by atoms with E-state index in [1.165, 1.54) is 25.3 Å². The Balaban J connectivity index is 2.28. The van der Waals surface area contributed by atoms with Crippen LogP contribution in [0.1, 0.15) is 15.9 Å². The van der Waals surface area contributed by atoms with E-state index < -0.39 is 0 Å². The molecule has 5 heteroatoms. The number of rotatable bonds is 6. The molecule has 5 nitrogen and oxygen atoms in total. The van der Waals surface area contributed by atoms with Crippen molar-refractivity contribution in [3.63, 3.8) is 0 Å². The van der Waals surface area contributed by atoms with Gasteiger partial charge in [-0.05, 0) is 42.0 Å². The zero-order chi connectivity index (χ0) is 16.8. The van der Waals surface area contributed by atoms with Gasteiger partial charge in [-0.1, -0.05) is 6.08 Å². The van der Waals surface area contributed by atoms with E-state index in [0.717, 1.165) is 5.56 Å². The van der Waals surface area contributed by atoms with Crippen LogP contribution in [0.15, 0.2) is 42.5 Å².